The van der Waals surface area contributed by atoms with E-state index < -0.39 is 22.1 Å². The third-order valence-corrected chi connectivity index (χ3v) is 7.23. The normalized spacial score (nSPS) is 24.2. The quantitative estimate of drug-likeness (QED) is 0.689. The number of sulfonamides is 1. The van der Waals surface area contributed by atoms with Crippen LogP contribution < -0.4 is 4.74 Å². The number of nitrogens with zero attached hydrogens (tertiary/aromatic N) is 3. The third kappa shape index (κ3) is 5.06. The number of amides is 1. The molecule has 2 saturated heterocycles. The number of halogens is 3. The SMILES string of the molecule is CCC1(N2CCN(C(=O)c3cccc(OC(F)(F)F)c3)CC2)CCN(S(C)(=O)=O)C1. The topological polar surface area (TPSA) is 70.2 Å². The van der Waals surface area contributed by atoms with Gasteiger partial charge in [0.25, 0.3) is 5.91 Å². The van der Waals surface area contributed by atoms with Crippen LogP contribution in [0, 0.1) is 0 Å². The van der Waals surface area contributed by atoms with Gasteiger partial charge in [0.1, 0.15) is 5.75 Å². The molecule has 11 heteroatoms. The maximum absolute atomic E-state index is 12.8. The van der Waals surface area contributed by atoms with Crippen molar-refractivity contribution in [2.45, 2.75) is 31.7 Å². The van der Waals surface area contributed by atoms with Crippen molar-refractivity contribution in [1.82, 2.24) is 14.1 Å². The maximum atomic E-state index is 12.8. The second kappa shape index (κ2) is 8.35. The standard InChI is InChI=1S/C19H26F3N3O4S/c1-3-18(7-8-25(14-18)30(2,27)28)24-11-9-23(10-12-24)17(26)15-5-4-6-16(13-15)29-19(20,21)22/h4-6,13H,3,7-12,14H2,1-2H3. The fraction of sp³-hybridized carbons (Fsp3) is 0.632. The van der Waals surface area contributed by atoms with Crippen LogP contribution in [0.3, 0.4) is 0 Å². The molecule has 3 rings (SSSR count). The molecular weight excluding hydrogens is 423 g/mol. The summed E-state index contributed by atoms with van der Waals surface area (Å²) in [5.74, 6) is -0.777. The molecule has 0 aromatic heterocycles. The molecule has 0 N–H and O–H groups in total. The first-order chi connectivity index (χ1) is 13.9. The number of carbonyl (C=O) groups is 1. The Hall–Kier alpha value is -1.85. The Kier molecular flexibility index (Phi) is 6.35. The van der Waals surface area contributed by atoms with Crippen molar-refractivity contribution >= 4 is 15.9 Å². The Labute approximate surface area is 174 Å². The summed E-state index contributed by atoms with van der Waals surface area (Å²) in [6.07, 6.45) is -2.07. The lowest BCUT2D eigenvalue weighted by atomic mass is 9.92. The summed E-state index contributed by atoms with van der Waals surface area (Å²) in [4.78, 5) is 16.6. The number of benzene rings is 1. The minimum atomic E-state index is -4.82. The van der Waals surface area contributed by atoms with Crippen LogP contribution in [-0.4, -0.2) is 85.9 Å². The molecule has 7 nitrogen and oxygen atoms in total. The molecule has 1 atom stereocenters. The van der Waals surface area contributed by atoms with Gasteiger partial charge in [-0.2, -0.15) is 0 Å². The van der Waals surface area contributed by atoms with Crippen LogP contribution in [0.2, 0.25) is 0 Å². The molecule has 2 heterocycles. The van der Waals surface area contributed by atoms with E-state index in [-0.39, 0.29) is 17.0 Å². The fourth-order valence-electron chi connectivity index (χ4n) is 4.27. The zero-order valence-corrected chi connectivity index (χ0v) is 17.8. The van der Waals surface area contributed by atoms with Gasteiger partial charge in [0.15, 0.2) is 0 Å². The highest BCUT2D eigenvalue weighted by atomic mass is 32.2. The Balaban J connectivity index is 1.64. The van der Waals surface area contributed by atoms with Crippen LogP contribution in [0.5, 0.6) is 5.75 Å². The lowest BCUT2D eigenvalue weighted by molar-refractivity contribution is -0.274. The van der Waals surface area contributed by atoms with Crippen molar-refractivity contribution in [3.05, 3.63) is 29.8 Å². The molecule has 0 saturated carbocycles. The molecule has 1 amide bonds. The van der Waals surface area contributed by atoms with Gasteiger partial charge in [-0.15, -0.1) is 13.2 Å². The summed E-state index contributed by atoms with van der Waals surface area (Å²) in [6.45, 7) is 4.96. The predicted molar refractivity (Wildman–Crippen MR) is 105 cm³/mol. The molecule has 2 fully saturated rings. The number of hydrogen-bond donors (Lipinski definition) is 0. The summed E-state index contributed by atoms with van der Waals surface area (Å²) >= 11 is 0. The molecule has 2 aliphatic heterocycles. The van der Waals surface area contributed by atoms with E-state index in [9.17, 15) is 26.4 Å². The zero-order valence-electron chi connectivity index (χ0n) is 17.0. The van der Waals surface area contributed by atoms with E-state index in [0.29, 0.717) is 39.3 Å². The van der Waals surface area contributed by atoms with Crippen molar-refractivity contribution < 1.29 is 31.1 Å². The Bertz CT molecular complexity index is 885. The molecule has 0 spiro atoms. The van der Waals surface area contributed by atoms with Crippen molar-refractivity contribution in [3.63, 3.8) is 0 Å². The largest absolute Gasteiger partial charge is 0.573 e. The summed E-state index contributed by atoms with van der Waals surface area (Å²) in [7, 11) is -3.25. The molecule has 168 valence electrons. The fourth-order valence-corrected chi connectivity index (χ4v) is 5.16. The number of hydrogen-bond acceptors (Lipinski definition) is 5. The predicted octanol–water partition coefficient (Wildman–Crippen LogP) is 2.16. The average Bonchev–Trinajstić information content (AvgIpc) is 3.13. The van der Waals surface area contributed by atoms with Crippen molar-refractivity contribution in [3.8, 4) is 5.75 Å². The number of carbonyl (C=O) groups excluding carboxylic acids is 1. The Morgan fingerprint density at radius 3 is 2.37 bits per heavy atom. The van der Waals surface area contributed by atoms with Crippen LogP contribution in [0.4, 0.5) is 13.2 Å². The molecule has 30 heavy (non-hydrogen) atoms. The minimum Gasteiger partial charge on any atom is -0.406 e. The second-order valence-electron chi connectivity index (χ2n) is 7.78. The molecule has 0 bridgehead atoms. The van der Waals surface area contributed by atoms with Crippen LogP contribution in [-0.2, 0) is 10.0 Å². The first-order valence-corrected chi connectivity index (χ1v) is 11.6. The van der Waals surface area contributed by atoms with Crippen LogP contribution in [0.25, 0.3) is 0 Å². The van der Waals surface area contributed by atoms with Crippen LogP contribution >= 0.6 is 0 Å². The summed E-state index contributed by atoms with van der Waals surface area (Å²) in [6, 6.07) is 5.07. The van der Waals surface area contributed by atoms with Crippen molar-refractivity contribution in [2.24, 2.45) is 0 Å². The summed E-state index contributed by atoms with van der Waals surface area (Å²) in [5, 5.41) is 0. The molecule has 0 aliphatic carbocycles. The highest BCUT2D eigenvalue weighted by Crippen LogP contribution is 2.33. The van der Waals surface area contributed by atoms with E-state index in [0.717, 1.165) is 25.0 Å². The molecule has 1 aromatic carbocycles. The van der Waals surface area contributed by atoms with Gasteiger partial charge in [-0.25, -0.2) is 12.7 Å². The van der Waals surface area contributed by atoms with Gasteiger partial charge in [-0.3, -0.25) is 9.69 Å². The van der Waals surface area contributed by atoms with Gasteiger partial charge in [-0.05, 0) is 31.0 Å². The highest BCUT2D eigenvalue weighted by molar-refractivity contribution is 7.88. The van der Waals surface area contributed by atoms with Gasteiger partial charge in [-0.1, -0.05) is 13.0 Å². The van der Waals surface area contributed by atoms with Gasteiger partial charge in [0, 0.05) is 50.4 Å². The van der Waals surface area contributed by atoms with Crippen molar-refractivity contribution in [1.29, 1.82) is 0 Å². The lowest BCUT2D eigenvalue weighted by Crippen LogP contribution is -2.59. The lowest BCUT2D eigenvalue weighted by Gasteiger charge is -2.45. The van der Waals surface area contributed by atoms with E-state index in [1.807, 2.05) is 6.92 Å². The van der Waals surface area contributed by atoms with Crippen LogP contribution in [0.1, 0.15) is 30.1 Å². The summed E-state index contributed by atoms with van der Waals surface area (Å²) in [5.41, 5.74) is -0.113. The molecule has 1 aromatic rings. The number of piperazine rings is 1. The van der Waals surface area contributed by atoms with E-state index in [1.165, 1.54) is 22.7 Å². The van der Waals surface area contributed by atoms with E-state index >= 15 is 0 Å². The zero-order chi connectivity index (χ0) is 22.2. The second-order valence-corrected chi connectivity index (χ2v) is 9.76. The third-order valence-electron chi connectivity index (χ3n) is 5.98. The number of ether oxygens (including phenoxy) is 1. The highest BCUT2D eigenvalue weighted by Gasteiger charge is 2.45. The van der Waals surface area contributed by atoms with Crippen LogP contribution in [0.15, 0.2) is 24.3 Å². The van der Waals surface area contributed by atoms with Gasteiger partial charge in [0.2, 0.25) is 10.0 Å². The smallest absolute Gasteiger partial charge is 0.406 e. The molecule has 0 radical (unpaired) electrons. The van der Waals surface area contributed by atoms with E-state index in [2.05, 4.69) is 9.64 Å². The minimum absolute atomic E-state index is 0.138. The molecule has 2 aliphatic rings. The number of rotatable bonds is 5. The van der Waals surface area contributed by atoms with Gasteiger partial charge in [0.05, 0.1) is 6.26 Å². The average molecular weight is 449 g/mol. The monoisotopic (exact) mass is 449 g/mol. The summed E-state index contributed by atoms with van der Waals surface area (Å²) < 4.78 is 66.5. The van der Waals surface area contributed by atoms with E-state index in [4.69, 9.17) is 0 Å². The first kappa shape index (κ1) is 22.8. The van der Waals surface area contributed by atoms with Crippen molar-refractivity contribution in [2.75, 3.05) is 45.5 Å². The molecule has 1 unspecified atom stereocenters. The molecular formula is C19H26F3N3O4S. The Morgan fingerprint density at radius 2 is 1.83 bits per heavy atom. The Morgan fingerprint density at radius 1 is 1.17 bits per heavy atom. The number of alkyl halides is 3. The van der Waals surface area contributed by atoms with E-state index in [1.54, 1.807) is 4.90 Å². The first-order valence-electron chi connectivity index (χ1n) is 9.79. The van der Waals surface area contributed by atoms with Gasteiger partial charge < -0.3 is 9.64 Å². The van der Waals surface area contributed by atoms with Gasteiger partial charge >= 0.3 is 6.36 Å². The maximum Gasteiger partial charge on any atom is 0.573 e.